The van der Waals surface area contributed by atoms with Gasteiger partial charge in [-0.15, -0.1) is 0 Å². The van der Waals surface area contributed by atoms with Gasteiger partial charge >= 0.3 is 0 Å². The molecule has 0 spiro atoms. The molecule has 2 aliphatic carbocycles. The number of hydrogen-bond donors (Lipinski definition) is 1. The maximum atomic E-state index is 5.44. The first-order chi connectivity index (χ1) is 9.82. The van der Waals surface area contributed by atoms with Crippen LogP contribution in [0.1, 0.15) is 56.9 Å². The van der Waals surface area contributed by atoms with E-state index in [0.717, 1.165) is 18.3 Å². The van der Waals surface area contributed by atoms with Crippen LogP contribution in [0.5, 0.6) is 5.75 Å². The molecule has 2 aliphatic rings. The summed E-state index contributed by atoms with van der Waals surface area (Å²) in [7, 11) is 1.77. The number of hydrogen-bond acceptors (Lipinski definition) is 2. The van der Waals surface area contributed by atoms with Crippen molar-refractivity contribution in [2.45, 2.75) is 62.8 Å². The standard InChI is InChI=1S/C18H27NO/c1-20-17-8-6-7-15(13-17)18(14-19-16-9-10-16)11-4-2-3-5-12-18/h6-8,13,16,19H,2-5,9-12,14H2,1H3. The van der Waals surface area contributed by atoms with Gasteiger partial charge in [-0.2, -0.15) is 0 Å². The Morgan fingerprint density at radius 3 is 2.55 bits per heavy atom. The Morgan fingerprint density at radius 2 is 1.90 bits per heavy atom. The van der Waals surface area contributed by atoms with Crippen molar-refractivity contribution in [1.29, 1.82) is 0 Å². The number of ether oxygens (including phenoxy) is 1. The second-order valence-electron chi connectivity index (χ2n) is 6.58. The quantitative estimate of drug-likeness (QED) is 0.818. The number of nitrogens with one attached hydrogen (secondary N) is 1. The molecule has 3 rings (SSSR count). The lowest BCUT2D eigenvalue weighted by Crippen LogP contribution is -2.39. The van der Waals surface area contributed by atoms with E-state index in [4.69, 9.17) is 4.74 Å². The molecule has 0 unspecified atom stereocenters. The predicted molar refractivity (Wildman–Crippen MR) is 83.4 cm³/mol. The Balaban J connectivity index is 1.84. The van der Waals surface area contributed by atoms with E-state index in [-0.39, 0.29) is 0 Å². The highest BCUT2D eigenvalue weighted by Gasteiger charge is 2.34. The fourth-order valence-electron chi connectivity index (χ4n) is 3.55. The number of rotatable bonds is 5. The minimum Gasteiger partial charge on any atom is -0.497 e. The minimum absolute atomic E-state index is 0.327. The fraction of sp³-hybridized carbons (Fsp3) is 0.667. The lowest BCUT2D eigenvalue weighted by Gasteiger charge is -2.34. The highest BCUT2D eigenvalue weighted by molar-refractivity contribution is 5.34. The van der Waals surface area contributed by atoms with Gasteiger partial charge in [-0.1, -0.05) is 37.8 Å². The van der Waals surface area contributed by atoms with E-state index in [1.807, 2.05) is 0 Å². The van der Waals surface area contributed by atoms with E-state index in [0.29, 0.717) is 5.41 Å². The van der Waals surface area contributed by atoms with E-state index >= 15 is 0 Å². The van der Waals surface area contributed by atoms with Crippen LogP contribution in [0, 0.1) is 0 Å². The largest absolute Gasteiger partial charge is 0.497 e. The number of benzene rings is 1. The van der Waals surface area contributed by atoms with Crippen molar-refractivity contribution in [3.63, 3.8) is 0 Å². The Bertz CT molecular complexity index is 431. The topological polar surface area (TPSA) is 21.3 Å². The smallest absolute Gasteiger partial charge is 0.119 e. The first kappa shape index (κ1) is 13.9. The molecule has 0 aliphatic heterocycles. The molecule has 1 aromatic carbocycles. The molecule has 2 saturated carbocycles. The zero-order valence-electron chi connectivity index (χ0n) is 12.7. The molecular formula is C18H27NO. The van der Waals surface area contributed by atoms with Crippen molar-refractivity contribution in [3.05, 3.63) is 29.8 Å². The summed E-state index contributed by atoms with van der Waals surface area (Å²) in [5, 5.41) is 3.79. The second-order valence-corrected chi connectivity index (χ2v) is 6.58. The van der Waals surface area contributed by atoms with Crippen LogP contribution in [0.25, 0.3) is 0 Å². The van der Waals surface area contributed by atoms with Gasteiger partial charge in [0.15, 0.2) is 0 Å². The summed E-state index contributed by atoms with van der Waals surface area (Å²) >= 11 is 0. The SMILES string of the molecule is COc1cccc(C2(CNC3CC3)CCCCCC2)c1. The molecule has 1 aromatic rings. The summed E-state index contributed by atoms with van der Waals surface area (Å²) in [6, 6.07) is 9.57. The summed E-state index contributed by atoms with van der Waals surface area (Å²) in [6.45, 7) is 1.14. The summed E-state index contributed by atoms with van der Waals surface area (Å²) in [5.41, 5.74) is 1.81. The highest BCUT2D eigenvalue weighted by Crippen LogP contribution is 2.39. The van der Waals surface area contributed by atoms with E-state index in [1.54, 1.807) is 7.11 Å². The molecule has 0 atom stereocenters. The van der Waals surface area contributed by atoms with Crippen LogP contribution >= 0.6 is 0 Å². The van der Waals surface area contributed by atoms with Crippen molar-refractivity contribution in [2.75, 3.05) is 13.7 Å². The predicted octanol–water partition coefficient (Wildman–Crippen LogP) is 4.04. The van der Waals surface area contributed by atoms with Crippen molar-refractivity contribution in [3.8, 4) is 5.75 Å². The van der Waals surface area contributed by atoms with Crippen molar-refractivity contribution in [2.24, 2.45) is 0 Å². The van der Waals surface area contributed by atoms with Crippen molar-refractivity contribution >= 4 is 0 Å². The van der Waals surface area contributed by atoms with Gasteiger partial charge in [-0.25, -0.2) is 0 Å². The third kappa shape index (κ3) is 3.17. The van der Waals surface area contributed by atoms with Gasteiger partial charge in [0.05, 0.1) is 7.11 Å². The Kier molecular flexibility index (Phi) is 4.30. The molecule has 2 fully saturated rings. The van der Waals surface area contributed by atoms with Gasteiger partial charge in [-0.05, 0) is 43.4 Å². The Hall–Kier alpha value is -1.02. The molecule has 0 radical (unpaired) electrons. The average Bonchev–Trinajstić information content (AvgIpc) is 3.32. The third-order valence-electron chi connectivity index (χ3n) is 5.05. The van der Waals surface area contributed by atoms with Crippen molar-refractivity contribution in [1.82, 2.24) is 5.32 Å². The summed E-state index contributed by atoms with van der Waals surface area (Å²) in [6.07, 6.45) is 10.9. The minimum atomic E-state index is 0.327. The molecule has 0 amide bonds. The van der Waals surface area contributed by atoms with Crippen LogP contribution in [-0.2, 0) is 5.41 Å². The lowest BCUT2D eigenvalue weighted by atomic mass is 9.74. The van der Waals surface area contributed by atoms with Gasteiger partial charge in [-0.3, -0.25) is 0 Å². The second kappa shape index (κ2) is 6.17. The summed E-state index contributed by atoms with van der Waals surface area (Å²) < 4.78 is 5.44. The number of methoxy groups -OCH3 is 1. The Morgan fingerprint density at radius 1 is 1.15 bits per heavy atom. The maximum absolute atomic E-state index is 5.44. The van der Waals surface area contributed by atoms with Gasteiger partial charge in [0.25, 0.3) is 0 Å². The van der Waals surface area contributed by atoms with Crippen LogP contribution in [0.2, 0.25) is 0 Å². The monoisotopic (exact) mass is 273 g/mol. The molecule has 0 bridgehead atoms. The molecule has 20 heavy (non-hydrogen) atoms. The zero-order chi connectivity index (χ0) is 13.8. The van der Waals surface area contributed by atoms with Crippen LogP contribution in [-0.4, -0.2) is 19.7 Å². The van der Waals surface area contributed by atoms with Gasteiger partial charge in [0, 0.05) is 18.0 Å². The summed E-state index contributed by atoms with van der Waals surface area (Å²) in [5.74, 6) is 0.998. The van der Waals surface area contributed by atoms with Gasteiger partial charge in [0.2, 0.25) is 0 Å². The molecule has 110 valence electrons. The lowest BCUT2D eigenvalue weighted by molar-refractivity contribution is 0.343. The van der Waals surface area contributed by atoms with E-state index in [2.05, 4.69) is 29.6 Å². The van der Waals surface area contributed by atoms with E-state index in [9.17, 15) is 0 Å². The third-order valence-corrected chi connectivity index (χ3v) is 5.05. The molecule has 1 N–H and O–H groups in total. The maximum Gasteiger partial charge on any atom is 0.119 e. The normalized spacial score (nSPS) is 22.2. The highest BCUT2D eigenvalue weighted by atomic mass is 16.5. The molecule has 2 nitrogen and oxygen atoms in total. The summed E-state index contributed by atoms with van der Waals surface area (Å²) in [4.78, 5) is 0. The first-order valence-corrected chi connectivity index (χ1v) is 8.20. The zero-order valence-corrected chi connectivity index (χ0v) is 12.7. The molecule has 0 heterocycles. The van der Waals surface area contributed by atoms with Crippen LogP contribution in [0.3, 0.4) is 0 Å². The van der Waals surface area contributed by atoms with Crippen molar-refractivity contribution < 1.29 is 4.74 Å². The van der Waals surface area contributed by atoms with Gasteiger partial charge in [0.1, 0.15) is 5.75 Å². The fourth-order valence-corrected chi connectivity index (χ4v) is 3.55. The molecular weight excluding hydrogens is 246 g/mol. The Labute approximate surface area is 122 Å². The van der Waals surface area contributed by atoms with Crippen LogP contribution in [0.4, 0.5) is 0 Å². The molecule has 0 saturated heterocycles. The van der Waals surface area contributed by atoms with E-state index in [1.165, 1.54) is 56.9 Å². The molecule has 0 aromatic heterocycles. The first-order valence-electron chi connectivity index (χ1n) is 8.20. The van der Waals surface area contributed by atoms with Crippen LogP contribution in [0.15, 0.2) is 24.3 Å². The van der Waals surface area contributed by atoms with Gasteiger partial charge < -0.3 is 10.1 Å². The van der Waals surface area contributed by atoms with Crippen LogP contribution < -0.4 is 10.1 Å². The molecule has 2 heteroatoms. The average molecular weight is 273 g/mol. The van der Waals surface area contributed by atoms with E-state index < -0.39 is 0 Å².